The Morgan fingerprint density at radius 3 is 2.81 bits per heavy atom. The summed E-state index contributed by atoms with van der Waals surface area (Å²) in [5.41, 5.74) is 1.23. The topological polar surface area (TPSA) is 57.6 Å². The van der Waals surface area contributed by atoms with E-state index in [0.717, 1.165) is 0 Å². The average Bonchev–Trinajstić information content (AvgIpc) is 2.91. The monoisotopic (exact) mass is 309 g/mol. The molecule has 1 aliphatic rings. The first-order valence-corrected chi connectivity index (χ1v) is 7.18. The van der Waals surface area contributed by atoms with Gasteiger partial charge in [0.1, 0.15) is 11.9 Å². The molecule has 4 nitrogen and oxygen atoms in total. The van der Waals surface area contributed by atoms with Crippen LogP contribution in [-0.2, 0) is 9.59 Å². The molecule has 1 N–H and O–H groups in total. The number of carbonyl (C=O) groups excluding carboxylic acids is 1. The predicted octanol–water partition coefficient (Wildman–Crippen LogP) is 2.07. The number of rotatable bonds is 4. The van der Waals surface area contributed by atoms with Crippen LogP contribution in [-0.4, -0.2) is 40.2 Å². The minimum absolute atomic E-state index is 0.164. The van der Waals surface area contributed by atoms with Gasteiger partial charge in [0.25, 0.3) is 0 Å². The van der Waals surface area contributed by atoms with Gasteiger partial charge in [-0.05, 0) is 29.3 Å². The molecule has 0 fully saturated rings. The van der Waals surface area contributed by atoms with E-state index in [4.69, 9.17) is 0 Å². The Kier molecular flexibility index (Phi) is 4.67. The molecule has 0 saturated carbocycles. The molecule has 1 aliphatic heterocycles. The van der Waals surface area contributed by atoms with Gasteiger partial charge in [-0.3, -0.25) is 4.79 Å². The van der Waals surface area contributed by atoms with Crippen molar-refractivity contribution in [3.63, 3.8) is 0 Å². The number of halogens is 1. The maximum Gasteiger partial charge on any atom is 0.330 e. The van der Waals surface area contributed by atoms with Crippen LogP contribution in [0.15, 0.2) is 30.3 Å². The molecule has 2 unspecified atom stereocenters. The van der Waals surface area contributed by atoms with Crippen LogP contribution in [0.1, 0.15) is 12.5 Å². The maximum absolute atomic E-state index is 13.3. The van der Waals surface area contributed by atoms with Crippen LogP contribution in [0.25, 0.3) is 5.57 Å². The second-order valence-electron chi connectivity index (χ2n) is 5.04. The molecule has 21 heavy (non-hydrogen) atoms. The van der Waals surface area contributed by atoms with Gasteiger partial charge >= 0.3 is 5.97 Å². The van der Waals surface area contributed by atoms with Crippen LogP contribution in [0.4, 0.5) is 4.39 Å². The molecule has 0 radical (unpaired) electrons. The number of carboxylic acids is 1. The maximum atomic E-state index is 13.3. The van der Waals surface area contributed by atoms with Crippen molar-refractivity contribution >= 4 is 30.1 Å². The number of hydrogen-bond donors (Lipinski definition) is 2. The quantitative estimate of drug-likeness (QED) is 0.837. The van der Waals surface area contributed by atoms with Crippen molar-refractivity contribution in [2.75, 3.05) is 12.3 Å². The minimum atomic E-state index is -1.10. The van der Waals surface area contributed by atoms with Crippen LogP contribution in [0.5, 0.6) is 0 Å². The third kappa shape index (κ3) is 3.26. The van der Waals surface area contributed by atoms with Gasteiger partial charge < -0.3 is 10.0 Å². The molecule has 1 aromatic carbocycles. The smallest absolute Gasteiger partial charge is 0.330 e. The van der Waals surface area contributed by atoms with Gasteiger partial charge in [-0.2, -0.15) is 12.6 Å². The number of carbonyl (C=O) groups is 2. The van der Waals surface area contributed by atoms with Crippen LogP contribution in [0.2, 0.25) is 0 Å². The number of carboxylic acid groups (broad SMARTS) is 1. The lowest BCUT2D eigenvalue weighted by Gasteiger charge is -2.24. The third-order valence-corrected chi connectivity index (χ3v) is 4.01. The van der Waals surface area contributed by atoms with E-state index in [1.54, 1.807) is 19.1 Å². The van der Waals surface area contributed by atoms with E-state index in [2.05, 4.69) is 12.6 Å². The molecule has 2 rings (SSSR count). The summed E-state index contributed by atoms with van der Waals surface area (Å²) in [6.45, 7) is 1.87. The molecule has 6 heteroatoms. The van der Waals surface area contributed by atoms with E-state index < -0.39 is 17.8 Å². The number of amides is 1. The van der Waals surface area contributed by atoms with Crippen molar-refractivity contribution in [2.24, 2.45) is 5.92 Å². The van der Waals surface area contributed by atoms with Gasteiger partial charge in [0, 0.05) is 18.2 Å². The first-order chi connectivity index (χ1) is 9.93. The highest BCUT2D eigenvalue weighted by atomic mass is 32.1. The largest absolute Gasteiger partial charge is 0.479 e. The third-order valence-electron chi connectivity index (χ3n) is 3.46. The molecule has 0 saturated heterocycles. The average molecular weight is 309 g/mol. The Balaban J connectivity index is 2.29. The van der Waals surface area contributed by atoms with E-state index in [1.165, 1.54) is 23.1 Å². The van der Waals surface area contributed by atoms with Crippen molar-refractivity contribution < 1.29 is 19.1 Å². The number of benzene rings is 1. The normalized spacial score (nSPS) is 19.3. The number of thiol groups is 1. The van der Waals surface area contributed by atoms with Crippen LogP contribution < -0.4 is 0 Å². The zero-order valence-corrected chi connectivity index (χ0v) is 12.4. The predicted molar refractivity (Wildman–Crippen MR) is 80.5 cm³/mol. The lowest BCUT2D eigenvalue weighted by Crippen LogP contribution is -2.43. The van der Waals surface area contributed by atoms with Crippen LogP contribution in [0.3, 0.4) is 0 Å². The highest BCUT2D eigenvalue weighted by Crippen LogP contribution is 2.27. The van der Waals surface area contributed by atoms with Gasteiger partial charge in [0.2, 0.25) is 5.91 Å². The van der Waals surface area contributed by atoms with Gasteiger partial charge in [-0.1, -0.05) is 19.1 Å². The molecule has 1 amide bonds. The lowest BCUT2D eigenvalue weighted by atomic mass is 10.1. The van der Waals surface area contributed by atoms with Gasteiger partial charge in [0.05, 0.1) is 0 Å². The molecular formula is C15H16FNO3S. The fourth-order valence-corrected chi connectivity index (χ4v) is 2.43. The van der Waals surface area contributed by atoms with Crippen LogP contribution >= 0.6 is 12.6 Å². The standard InChI is InChI=1S/C15H16FNO3S/c1-9(8-21)14(18)17-7-11(6-13(17)15(19)20)10-3-2-4-12(16)5-10/h2-6,9,13,21H,7-8H2,1H3,(H,19,20). The SMILES string of the molecule is CC(CS)C(=O)N1CC(c2cccc(F)c2)=CC1C(=O)O. The summed E-state index contributed by atoms with van der Waals surface area (Å²) in [4.78, 5) is 24.9. The van der Waals surface area contributed by atoms with E-state index in [-0.39, 0.29) is 18.4 Å². The van der Waals surface area contributed by atoms with Gasteiger partial charge in [0.15, 0.2) is 0 Å². The van der Waals surface area contributed by atoms with Gasteiger partial charge in [-0.15, -0.1) is 0 Å². The number of aliphatic carboxylic acids is 1. The second-order valence-corrected chi connectivity index (χ2v) is 5.40. The van der Waals surface area contributed by atoms with Crippen LogP contribution in [0, 0.1) is 11.7 Å². The Hall–Kier alpha value is -1.82. The van der Waals surface area contributed by atoms with E-state index in [0.29, 0.717) is 16.9 Å². The molecule has 1 aromatic rings. The molecule has 112 valence electrons. The fraction of sp³-hybridized carbons (Fsp3) is 0.333. The van der Waals surface area contributed by atoms with Crippen molar-refractivity contribution in [3.8, 4) is 0 Å². The summed E-state index contributed by atoms with van der Waals surface area (Å²) in [7, 11) is 0. The van der Waals surface area contributed by atoms with Gasteiger partial charge in [-0.25, -0.2) is 9.18 Å². The van der Waals surface area contributed by atoms with Crippen molar-refractivity contribution in [2.45, 2.75) is 13.0 Å². The van der Waals surface area contributed by atoms with E-state index in [9.17, 15) is 19.1 Å². The zero-order valence-electron chi connectivity index (χ0n) is 11.5. The number of hydrogen-bond acceptors (Lipinski definition) is 3. The molecule has 0 spiro atoms. The summed E-state index contributed by atoms with van der Waals surface area (Å²) in [6.07, 6.45) is 1.50. The molecule has 1 heterocycles. The highest BCUT2D eigenvalue weighted by Gasteiger charge is 2.35. The summed E-state index contributed by atoms with van der Waals surface area (Å²) >= 11 is 4.07. The minimum Gasteiger partial charge on any atom is -0.479 e. The Morgan fingerprint density at radius 2 is 2.24 bits per heavy atom. The highest BCUT2D eigenvalue weighted by molar-refractivity contribution is 7.80. The molecule has 0 aromatic heterocycles. The zero-order chi connectivity index (χ0) is 15.6. The van der Waals surface area contributed by atoms with E-state index >= 15 is 0 Å². The summed E-state index contributed by atoms with van der Waals surface area (Å²) in [5, 5.41) is 9.27. The molecule has 2 atom stereocenters. The summed E-state index contributed by atoms with van der Waals surface area (Å²) in [6, 6.07) is 4.89. The number of nitrogens with zero attached hydrogens (tertiary/aromatic N) is 1. The lowest BCUT2D eigenvalue weighted by molar-refractivity contribution is -0.148. The summed E-state index contributed by atoms with van der Waals surface area (Å²) in [5.74, 6) is -1.78. The first kappa shape index (κ1) is 15.6. The summed E-state index contributed by atoms with van der Waals surface area (Å²) < 4.78 is 13.3. The van der Waals surface area contributed by atoms with Crippen molar-refractivity contribution in [3.05, 3.63) is 41.7 Å². The second kappa shape index (κ2) is 6.30. The Bertz CT molecular complexity index is 602. The van der Waals surface area contributed by atoms with E-state index in [1.807, 2.05) is 0 Å². The Morgan fingerprint density at radius 1 is 1.52 bits per heavy atom. The fourth-order valence-electron chi connectivity index (χ4n) is 2.27. The molecule has 0 bridgehead atoms. The Labute approximate surface area is 127 Å². The molecular weight excluding hydrogens is 293 g/mol. The van der Waals surface area contributed by atoms with Crippen molar-refractivity contribution in [1.82, 2.24) is 4.90 Å². The molecule has 0 aliphatic carbocycles. The first-order valence-electron chi connectivity index (χ1n) is 6.54. The van der Waals surface area contributed by atoms with Crippen molar-refractivity contribution in [1.29, 1.82) is 0 Å².